The number of fused-ring (bicyclic) bond motifs is 3. The highest BCUT2D eigenvalue weighted by Crippen LogP contribution is 2.31. The predicted octanol–water partition coefficient (Wildman–Crippen LogP) is 5.80. The lowest BCUT2D eigenvalue weighted by Crippen LogP contribution is -2.30. The summed E-state index contributed by atoms with van der Waals surface area (Å²) in [5, 5.41) is 22.6. The van der Waals surface area contributed by atoms with E-state index in [0.717, 1.165) is 5.56 Å². The van der Waals surface area contributed by atoms with Crippen molar-refractivity contribution in [1.82, 2.24) is 5.32 Å². The number of rotatable bonds is 10. The van der Waals surface area contributed by atoms with Crippen molar-refractivity contribution in [3.8, 4) is 0 Å². The monoisotopic (exact) mass is 541 g/mol. The van der Waals surface area contributed by atoms with Crippen molar-refractivity contribution in [1.29, 1.82) is 0 Å². The molecule has 2 aromatic carbocycles. The van der Waals surface area contributed by atoms with E-state index in [1.807, 2.05) is 0 Å². The molecule has 1 heterocycles. The van der Waals surface area contributed by atoms with Crippen LogP contribution < -0.4 is 5.32 Å². The standard InChI is InChI=1S/C29H27F4N3O3/c30-21-8-3-18(4-9-21)17-34-27(37)20-7-12-23-13-14-24(16-20)35-25(2-1-15-29(32,33)28(38)39)26(36-23)19-5-10-22(31)11-6-19/h3-12,16,27,34,37H,1-2,13-15,17H2,(H,38,39). The zero-order valence-electron chi connectivity index (χ0n) is 20.9. The summed E-state index contributed by atoms with van der Waals surface area (Å²) in [6.07, 6.45) is 4.01. The third-order valence-electron chi connectivity index (χ3n) is 6.31. The van der Waals surface area contributed by atoms with Gasteiger partial charge >= 0.3 is 11.9 Å². The third kappa shape index (κ3) is 7.58. The van der Waals surface area contributed by atoms with E-state index in [1.54, 1.807) is 30.4 Å². The van der Waals surface area contributed by atoms with E-state index in [9.17, 15) is 27.5 Å². The summed E-state index contributed by atoms with van der Waals surface area (Å²) in [7, 11) is 0. The highest BCUT2D eigenvalue weighted by atomic mass is 19.3. The third-order valence-corrected chi connectivity index (χ3v) is 6.31. The van der Waals surface area contributed by atoms with Crippen molar-refractivity contribution in [3.63, 3.8) is 0 Å². The number of allylic oxidation sites excluding steroid dienone is 3. The molecule has 10 heteroatoms. The molecule has 2 aromatic rings. The van der Waals surface area contributed by atoms with Gasteiger partial charge in [0.15, 0.2) is 0 Å². The van der Waals surface area contributed by atoms with Crippen LogP contribution >= 0.6 is 0 Å². The van der Waals surface area contributed by atoms with Gasteiger partial charge in [-0.2, -0.15) is 8.78 Å². The van der Waals surface area contributed by atoms with E-state index in [0.29, 0.717) is 46.8 Å². The first-order chi connectivity index (χ1) is 18.6. The molecule has 1 aliphatic heterocycles. The molecule has 0 amide bonds. The molecule has 0 aromatic heterocycles. The quantitative estimate of drug-likeness (QED) is 0.262. The minimum absolute atomic E-state index is 0.00805. The van der Waals surface area contributed by atoms with Gasteiger partial charge < -0.3 is 10.2 Å². The second-order valence-corrected chi connectivity index (χ2v) is 9.26. The largest absolute Gasteiger partial charge is 0.477 e. The molecule has 1 atom stereocenters. The average Bonchev–Trinajstić information content (AvgIpc) is 2.88. The van der Waals surface area contributed by atoms with Crippen molar-refractivity contribution in [2.75, 3.05) is 0 Å². The molecule has 0 spiro atoms. The van der Waals surface area contributed by atoms with E-state index < -0.39 is 30.4 Å². The zero-order valence-corrected chi connectivity index (χ0v) is 20.9. The molecule has 2 aliphatic rings. The molecule has 1 unspecified atom stereocenters. The van der Waals surface area contributed by atoms with Crippen LogP contribution in [0.3, 0.4) is 0 Å². The number of aliphatic hydroxyl groups excluding tert-OH is 1. The number of carboxylic acid groups (broad SMARTS) is 1. The number of hydrogen-bond acceptors (Lipinski definition) is 5. The Bertz CT molecular complexity index is 1360. The fourth-order valence-corrected chi connectivity index (χ4v) is 4.16. The Hall–Kier alpha value is -3.89. The van der Waals surface area contributed by atoms with Crippen molar-refractivity contribution in [2.45, 2.75) is 50.8 Å². The summed E-state index contributed by atoms with van der Waals surface area (Å²) < 4.78 is 54.3. The molecule has 1 aliphatic carbocycles. The Labute approximate surface area is 222 Å². The topological polar surface area (TPSA) is 94.3 Å². The molecular weight excluding hydrogens is 514 g/mol. The van der Waals surface area contributed by atoms with Gasteiger partial charge in [-0.15, -0.1) is 0 Å². The van der Waals surface area contributed by atoms with Gasteiger partial charge in [0, 0.05) is 30.0 Å². The second kappa shape index (κ2) is 12.3. The maximum Gasteiger partial charge on any atom is 0.374 e. The number of aliphatic imine (C=N–C) groups is 2. The smallest absolute Gasteiger partial charge is 0.374 e. The van der Waals surface area contributed by atoms with Crippen LogP contribution in [0.1, 0.15) is 43.2 Å². The van der Waals surface area contributed by atoms with Gasteiger partial charge in [-0.25, -0.2) is 13.6 Å². The minimum atomic E-state index is -3.87. The fraction of sp³-hybridized carbons (Fsp3) is 0.276. The highest BCUT2D eigenvalue weighted by Gasteiger charge is 2.38. The number of carbonyl (C=O) groups is 1. The van der Waals surface area contributed by atoms with Gasteiger partial charge in [0.1, 0.15) is 17.9 Å². The molecule has 3 N–H and O–H groups in total. The van der Waals surface area contributed by atoms with Gasteiger partial charge in [-0.05, 0) is 85.4 Å². The van der Waals surface area contributed by atoms with E-state index in [1.165, 1.54) is 36.4 Å². The van der Waals surface area contributed by atoms with Gasteiger partial charge in [-0.1, -0.05) is 18.2 Å². The predicted molar refractivity (Wildman–Crippen MR) is 140 cm³/mol. The Morgan fingerprint density at radius 1 is 0.949 bits per heavy atom. The van der Waals surface area contributed by atoms with E-state index >= 15 is 0 Å². The maximum absolute atomic E-state index is 13.7. The zero-order chi connectivity index (χ0) is 28.0. The summed E-state index contributed by atoms with van der Waals surface area (Å²) in [5.41, 5.74) is 3.76. The lowest BCUT2D eigenvalue weighted by atomic mass is 9.99. The average molecular weight is 542 g/mol. The number of alkyl halides is 2. The fourth-order valence-electron chi connectivity index (χ4n) is 4.16. The van der Waals surface area contributed by atoms with E-state index in [4.69, 9.17) is 15.1 Å². The van der Waals surface area contributed by atoms with Gasteiger partial charge in [0.05, 0.1) is 11.4 Å². The van der Waals surface area contributed by atoms with Crippen LogP contribution in [0.2, 0.25) is 0 Å². The Kier molecular flexibility index (Phi) is 8.88. The number of aliphatic carboxylic acids is 1. The van der Waals surface area contributed by atoms with Crippen molar-refractivity contribution >= 4 is 23.1 Å². The van der Waals surface area contributed by atoms with Gasteiger partial charge in [-0.3, -0.25) is 15.3 Å². The lowest BCUT2D eigenvalue weighted by molar-refractivity contribution is -0.165. The molecule has 0 saturated carbocycles. The van der Waals surface area contributed by atoms with Crippen LogP contribution in [-0.2, 0) is 11.3 Å². The van der Waals surface area contributed by atoms with E-state index in [-0.39, 0.29) is 25.2 Å². The number of benzene rings is 2. The first-order valence-electron chi connectivity index (χ1n) is 12.4. The maximum atomic E-state index is 13.7. The summed E-state index contributed by atoms with van der Waals surface area (Å²) in [6.45, 7) is 0.276. The molecule has 6 nitrogen and oxygen atoms in total. The Balaban J connectivity index is 1.65. The number of aliphatic hydroxyl groups is 1. The Morgan fingerprint density at radius 2 is 1.59 bits per heavy atom. The number of carboxylic acids is 1. The summed E-state index contributed by atoms with van der Waals surface area (Å²) in [4.78, 5) is 20.3. The van der Waals surface area contributed by atoms with Gasteiger partial charge in [0.25, 0.3) is 0 Å². The minimum Gasteiger partial charge on any atom is -0.477 e. The Morgan fingerprint density at radius 3 is 2.26 bits per heavy atom. The molecule has 0 fully saturated rings. The number of halogens is 4. The molecular formula is C29H27F4N3O3. The van der Waals surface area contributed by atoms with Crippen LogP contribution in [0, 0.1) is 11.6 Å². The summed E-state index contributed by atoms with van der Waals surface area (Å²) >= 11 is 0. The second-order valence-electron chi connectivity index (χ2n) is 9.26. The van der Waals surface area contributed by atoms with Gasteiger partial charge in [0.2, 0.25) is 0 Å². The van der Waals surface area contributed by atoms with Crippen molar-refractivity contribution < 1.29 is 32.6 Å². The normalized spacial score (nSPS) is 16.5. The highest BCUT2D eigenvalue weighted by molar-refractivity contribution is 6.06. The number of nitrogens with one attached hydrogen (secondary N) is 1. The van der Waals surface area contributed by atoms with Crippen LogP contribution in [0.4, 0.5) is 17.6 Å². The molecule has 0 radical (unpaired) electrons. The number of nitrogens with zero attached hydrogens (tertiary/aromatic N) is 2. The molecule has 204 valence electrons. The molecule has 39 heavy (non-hydrogen) atoms. The number of hydrogen-bond donors (Lipinski definition) is 3. The van der Waals surface area contributed by atoms with Crippen molar-refractivity contribution in [3.05, 3.63) is 101 Å². The molecule has 4 rings (SSSR count). The van der Waals surface area contributed by atoms with E-state index in [2.05, 4.69) is 5.32 Å². The SMILES string of the molecule is O=C(O)C(F)(F)CCCC1=C(c2ccc(F)cc2)N=C2C=CC(C(O)NCc3ccc(F)cc3)=CC(=N1)CC2. The van der Waals surface area contributed by atoms with Crippen LogP contribution in [0.5, 0.6) is 0 Å². The molecule has 0 saturated heterocycles. The first kappa shape index (κ1) is 28.1. The van der Waals surface area contributed by atoms with Crippen LogP contribution in [0.15, 0.2) is 88.0 Å². The summed E-state index contributed by atoms with van der Waals surface area (Å²) in [6, 6.07) is 11.4. The van der Waals surface area contributed by atoms with Crippen LogP contribution in [-0.4, -0.2) is 39.8 Å². The van der Waals surface area contributed by atoms with Crippen LogP contribution in [0.25, 0.3) is 5.70 Å². The van der Waals surface area contributed by atoms with Crippen molar-refractivity contribution in [2.24, 2.45) is 9.98 Å². The molecule has 2 bridgehead atoms. The first-order valence-corrected chi connectivity index (χ1v) is 12.4. The lowest BCUT2D eigenvalue weighted by Gasteiger charge is -2.20. The summed E-state index contributed by atoms with van der Waals surface area (Å²) in [5.74, 6) is -6.87.